The van der Waals surface area contributed by atoms with Gasteiger partial charge in [-0.25, -0.2) is 14.8 Å². The predicted octanol–water partition coefficient (Wildman–Crippen LogP) is 3.76. The van der Waals surface area contributed by atoms with E-state index in [1.807, 2.05) is 24.3 Å². The highest BCUT2D eigenvalue weighted by atomic mass is 16.5. The fourth-order valence-electron chi connectivity index (χ4n) is 2.30. The minimum Gasteiger partial charge on any atom is -0.497 e. The van der Waals surface area contributed by atoms with Crippen molar-refractivity contribution in [3.63, 3.8) is 0 Å². The molecule has 7 nitrogen and oxygen atoms in total. The number of aromatic nitrogens is 2. The van der Waals surface area contributed by atoms with E-state index in [2.05, 4.69) is 25.3 Å². The first-order valence-corrected chi connectivity index (χ1v) is 7.86. The number of anilines is 4. The topological polar surface area (TPSA) is 85.4 Å². The molecule has 0 spiro atoms. The van der Waals surface area contributed by atoms with Crippen molar-refractivity contribution in [2.75, 3.05) is 24.9 Å². The van der Waals surface area contributed by atoms with Gasteiger partial charge in [-0.1, -0.05) is 6.07 Å². The SMILES string of the molecule is COC(=O)c1ccc(Nc2cc(Nc3cccc(OC)c3)ncn2)cc1. The van der Waals surface area contributed by atoms with Crippen molar-refractivity contribution in [2.24, 2.45) is 0 Å². The van der Waals surface area contributed by atoms with Gasteiger partial charge in [-0.3, -0.25) is 0 Å². The Hall–Kier alpha value is -3.61. The molecule has 0 fully saturated rings. The number of carbonyl (C=O) groups is 1. The van der Waals surface area contributed by atoms with Crippen molar-refractivity contribution < 1.29 is 14.3 Å². The normalized spacial score (nSPS) is 10.1. The van der Waals surface area contributed by atoms with Crippen molar-refractivity contribution >= 4 is 29.0 Å². The quantitative estimate of drug-likeness (QED) is 0.655. The molecular formula is C19H18N4O3. The van der Waals surface area contributed by atoms with Crippen molar-refractivity contribution in [2.45, 2.75) is 0 Å². The molecule has 0 radical (unpaired) electrons. The molecule has 7 heteroatoms. The highest BCUT2D eigenvalue weighted by Crippen LogP contribution is 2.22. The predicted molar refractivity (Wildman–Crippen MR) is 99.4 cm³/mol. The molecule has 1 heterocycles. The van der Waals surface area contributed by atoms with Gasteiger partial charge >= 0.3 is 5.97 Å². The van der Waals surface area contributed by atoms with Crippen molar-refractivity contribution in [1.82, 2.24) is 9.97 Å². The summed E-state index contributed by atoms with van der Waals surface area (Å²) in [5, 5.41) is 6.37. The molecule has 1 aromatic heterocycles. The number of hydrogen-bond acceptors (Lipinski definition) is 7. The molecule has 0 aliphatic rings. The van der Waals surface area contributed by atoms with E-state index in [1.54, 1.807) is 37.4 Å². The number of methoxy groups -OCH3 is 2. The van der Waals surface area contributed by atoms with Gasteiger partial charge in [-0.15, -0.1) is 0 Å². The molecule has 0 aliphatic carbocycles. The molecule has 3 rings (SSSR count). The number of ether oxygens (including phenoxy) is 2. The van der Waals surface area contributed by atoms with Crippen LogP contribution in [0.5, 0.6) is 5.75 Å². The molecule has 0 unspecified atom stereocenters. The Kier molecular flexibility index (Phi) is 5.28. The minimum atomic E-state index is -0.372. The molecule has 2 N–H and O–H groups in total. The first-order chi connectivity index (χ1) is 12.7. The Bertz CT molecular complexity index is 897. The van der Waals surface area contributed by atoms with Crippen LogP contribution in [0.25, 0.3) is 0 Å². The summed E-state index contributed by atoms with van der Waals surface area (Å²) >= 11 is 0. The number of esters is 1. The second-order valence-corrected chi connectivity index (χ2v) is 5.34. The molecule has 0 bridgehead atoms. The van der Waals surface area contributed by atoms with Crippen molar-refractivity contribution in [1.29, 1.82) is 0 Å². The molecule has 2 aromatic carbocycles. The van der Waals surface area contributed by atoms with Gasteiger partial charge < -0.3 is 20.1 Å². The summed E-state index contributed by atoms with van der Waals surface area (Å²) in [6.07, 6.45) is 1.47. The molecule has 0 saturated carbocycles. The fraction of sp³-hybridized carbons (Fsp3) is 0.105. The van der Waals surface area contributed by atoms with E-state index in [0.29, 0.717) is 17.2 Å². The maximum atomic E-state index is 11.5. The van der Waals surface area contributed by atoms with Crippen LogP contribution >= 0.6 is 0 Å². The molecule has 0 aliphatic heterocycles. The van der Waals surface area contributed by atoms with Crippen LogP contribution in [0.2, 0.25) is 0 Å². The summed E-state index contributed by atoms with van der Waals surface area (Å²) in [6, 6.07) is 16.3. The zero-order valence-electron chi connectivity index (χ0n) is 14.4. The van der Waals surface area contributed by atoms with Crippen LogP contribution in [-0.2, 0) is 4.74 Å². The molecule has 132 valence electrons. The highest BCUT2D eigenvalue weighted by molar-refractivity contribution is 5.89. The lowest BCUT2D eigenvalue weighted by Gasteiger charge is -2.10. The van der Waals surface area contributed by atoms with Crippen molar-refractivity contribution in [3.8, 4) is 5.75 Å². The first-order valence-electron chi connectivity index (χ1n) is 7.86. The van der Waals surface area contributed by atoms with E-state index in [4.69, 9.17) is 4.74 Å². The minimum absolute atomic E-state index is 0.372. The van der Waals surface area contributed by atoms with Crippen LogP contribution in [0.1, 0.15) is 10.4 Å². The van der Waals surface area contributed by atoms with Gasteiger partial charge in [0.25, 0.3) is 0 Å². The zero-order chi connectivity index (χ0) is 18.4. The van der Waals surface area contributed by atoms with Gasteiger partial charge in [0.15, 0.2) is 0 Å². The Morgan fingerprint density at radius 3 is 2.23 bits per heavy atom. The van der Waals surface area contributed by atoms with E-state index in [1.165, 1.54) is 13.4 Å². The van der Waals surface area contributed by atoms with Crippen LogP contribution in [0.15, 0.2) is 60.9 Å². The molecular weight excluding hydrogens is 332 g/mol. The standard InChI is InChI=1S/C19H18N4O3/c1-25-16-5-3-4-15(10-16)23-18-11-17(20-12-21-18)22-14-8-6-13(7-9-14)19(24)26-2/h3-12H,1-2H3,(H2,20,21,22,23). The first kappa shape index (κ1) is 17.2. The van der Waals surface area contributed by atoms with E-state index in [-0.39, 0.29) is 5.97 Å². The smallest absolute Gasteiger partial charge is 0.337 e. The Morgan fingerprint density at radius 1 is 0.885 bits per heavy atom. The summed E-state index contributed by atoms with van der Waals surface area (Å²) in [4.78, 5) is 19.9. The molecule has 0 saturated heterocycles. The second-order valence-electron chi connectivity index (χ2n) is 5.34. The lowest BCUT2D eigenvalue weighted by molar-refractivity contribution is 0.0601. The molecule has 3 aromatic rings. The van der Waals surface area contributed by atoms with Gasteiger partial charge in [-0.2, -0.15) is 0 Å². The zero-order valence-corrected chi connectivity index (χ0v) is 14.4. The van der Waals surface area contributed by atoms with E-state index in [0.717, 1.165) is 17.1 Å². The monoisotopic (exact) mass is 350 g/mol. The van der Waals surface area contributed by atoms with E-state index in [9.17, 15) is 4.79 Å². The number of benzene rings is 2. The molecule has 0 atom stereocenters. The Labute approximate surface area is 151 Å². The largest absolute Gasteiger partial charge is 0.497 e. The summed E-state index contributed by atoms with van der Waals surface area (Å²) in [6.45, 7) is 0. The van der Waals surface area contributed by atoms with Gasteiger partial charge in [-0.05, 0) is 36.4 Å². The van der Waals surface area contributed by atoms with Crippen LogP contribution < -0.4 is 15.4 Å². The highest BCUT2D eigenvalue weighted by Gasteiger charge is 2.05. The number of carbonyl (C=O) groups excluding carboxylic acids is 1. The van der Waals surface area contributed by atoms with Gasteiger partial charge in [0.1, 0.15) is 23.7 Å². The van der Waals surface area contributed by atoms with Gasteiger partial charge in [0, 0.05) is 23.5 Å². The van der Waals surface area contributed by atoms with E-state index >= 15 is 0 Å². The lowest BCUT2D eigenvalue weighted by atomic mass is 10.2. The fourth-order valence-corrected chi connectivity index (χ4v) is 2.30. The third-order valence-corrected chi connectivity index (χ3v) is 3.59. The third kappa shape index (κ3) is 4.27. The third-order valence-electron chi connectivity index (χ3n) is 3.59. The summed E-state index contributed by atoms with van der Waals surface area (Å²) in [5.74, 6) is 1.65. The Morgan fingerprint density at radius 2 is 1.58 bits per heavy atom. The van der Waals surface area contributed by atoms with E-state index < -0.39 is 0 Å². The number of hydrogen-bond donors (Lipinski definition) is 2. The Balaban J connectivity index is 1.71. The molecule has 0 amide bonds. The lowest BCUT2D eigenvalue weighted by Crippen LogP contribution is -2.01. The van der Waals surface area contributed by atoms with Gasteiger partial charge in [0.2, 0.25) is 0 Å². The second kappa shape index (κ2) is 7.98. The van der Waals surface area contributed by atoms with Crippen LogP contribution in [0.3, 0.4) is 0 Å². The average molecular weight is 350 g/mol. The summed E-state index contributed by atoms with van der Waals surface area (Å²) < 4.78 is 9.90. The van der Waals surface area contributed by atoms with Crippen LogP contribution in [-0.4, -0.2) is 30.2 Å². The maximum absolute atomic E-state index is 11.5. The number of nitrogens with one attached hydrogen (secondary N) is 2. The summed E-state index contributed by atoms with van der Waals surface area (Å²) in [5.41, 5.74) is 2.14. The van der Waals surface area contributed by atoms with Crippen LogP contribution in [0, 0.1) is 0 Å². The van der Waals surface area contributed by atoms with Crippen LogP contribution in [0.4, 0.5) is 23.0 Å². The number of nitrogens with zero attached hydrogens (tertiary/aromatic N) is 2. The number of rotatable bonds is 6. The van der Waals surface area contributed by atoms with Crippen molar-refractivity contribution in [3.05, 3.63) is 66.5 Å². The average Bonchev–Trinajstić information content (AvgIpc) is 2.68. The maximum Gasteiger partial charge on any atom is 0.337 e. The van der Waals surface area contributed by atoms with Gasteiger partial charge in [0.05, 0.1) is 19.8 Å². The summed E-state index contributed by atoms with van der Waals surface area (Å²) in [7, 11) is 2.98. The molecule has 26 heavy (non-hydrogen) atoms.